The number of carbonyl (C=O) groups is 1. The maximum Gasteiger partial charge on any atom is 0.150 e. The summed E-state index contributed by atoms with van der Waals surface area (Å²) < 4.78 is 1.23. The van der Waals surface area contributed by atoms with Crippen LogP contribution in [0.1, 0.15) is 10.4 Å². The monoisotopic (exact) mass is 340 g/mol. The quantitative estimate of drug-likeness (QED) is 0.614. The van der Waals surface area contributed by atoms with Gasteiger partial charge in [0, 0.05) is 18.9 Å². The van der Waals surface area contributed by atoms with E-state index in [1.165, 1.54) is 8.47 Å². The first-order valence-electron chi connectivity index (χ1n) is 4.76. The van der Waals surface area contributed by atoms with E-state index in [1.807, 2.05) is 24.3 Å². The molecule has 0 amide bonds. The Morgan fingerprint density at radius 1 is 0.875 bits per heavy atom. The van der Waals surface area contributed by atoms with Gasteiger partial charge in [0.15, 0.2) is 0 Å². The zero-order valence-electron chi connectivity index (χ0n) is 8.39. The van der Waals surface area contributed by atoms with Gasteiger partial charge in [-0.1, -0.05) is 23.9 Å². The Bertz CT molecular complexity index is 476. The molecule has 2 aromatic rings. The van der Waals surface area contributed by atoms with Gasteiger partial charge in [-0.2, -0.15) is 0 Å². The second-order valence-electron chi connectivity index (χ2n) is 3.24. The summed E-state index contributed by atoms with van der Waals surface area (Å²) >= 11 is 3.98. The highest BCUT2D eigenvalue weighted by Crippen LogP contribution is 2.27. The molecule has 0 aliphatic carbocycles. The molecule has 0 unspecified atom stereocenters. The van der Waals surface area contributed by atoms with Crippen molar-refractivity contribution in [3.05, 3.63) is 57.7 Å². The maximum absolute atomic E-state index is 10.5. The highest BCUT2D eigenvalue weighted by Gasteiger charge is 1.97. The molecule has 80 valence electrons. The normalized spacial score (nSPS) is 10.1. The molecule has 3 heteroatoms. The topological polar surface area (TPSA) is 17.1 Å². The van der Waals surface area contributed by atoms with Crippen molar-refractivity contribution in [1.82, 2.24) is 0 Å². The number of aldehydes is 1. The van der Waals surface area contributed by atoms with Crippen LogP contribution in [0.3, 0.4) is 0 Å². The molecule has 2 aromatic carbocycles. The van der Waals surface area contributed by atoms with Crippen molar-refractivity contribution in [2.24, 2.45) is 0 Å². The maximum atomic E-state index is 10.5. The Balaban J connectivity index is 2.14. The largest absolute Gasteiger partial charge is 0.298 e. The molecule has 0 radical (unpaired) electrons. The highest BCUT2D eigenvalue weighted by atomic mass is 127. The Morgan fingerprint density at radius 2 is 1.38 bits per heavy atom. The average Bonchev–Trinajstić information content (AvgIpc) is 2.33. The van der Waals surface area contributed by atoms with Crippen molar-refractivity contribution in [3.63, 3.8) is 0 Å². The Morgan fingerprint density at radius 3 is 1.88 bits per heavy atom. The summed E-state index contributed by atoms with van der Waals surface area (Å²) in [5, 5.41) is 0. The molecular weight excluding hydrogens is 331 g/mol. The van der Waals surface area contributed by atoms with E-state index < -0.39 is 0 Å². The van der Waals surface area contributed by atoms with Gasteiger partial charge >= 0.3 is 0 Å². The molecule has 0 bridgehead atoms. The molecule has 16 heavy (non-hydrogen) atoms. The molecule has 2 rings (SSSR count). The van der Waals surface area contributed by atoms with Gasteiger partial charge in [0.25, 0.3) is 0 Å². The van der Waals surface area contributed by atoms with Crippen LogP contribution in [0.2, 0.25) is 0 Å². The molecule has 1 nitrogen and oxygen atoms in total. The number of hydrogen-bond donors (Lipinski definition) is 0. The second-order valence-corrected chi connectivity index (χ2v) is 5.64. The lowest BCUT2D eigenvalue weighted by molar-refractivity contribution is 0.112. The molecule has 0 atom stereocenters. The van der Waals surface area contributed by atoms with Crippen molar-refractivity contribution < 1.29 is 4.79 Å². The van der Waals surface area contributed by atoms with E-state index in [2.05, 4.69) is 46.9 Å². The summed E-state index contributed by atoms with van der Waals surface area (Å²) in [6.45, 7) is 0. The van der Waals surface area contributed by atoms with Crippen LogP contribution in [-0.4, -0.2) is 6.29 Å². The van der Waals surface area contributed by atoms with E-state index in [9.17, 15) is 4.79 Å². The van der Waals surface area contributed by atoms with Gasteiger partial charge in [-0.15, -0.1) is 0 Å². The summed E-state index contributed by atoms with van der Waals surface area (Å²) in [5.74, 6) is 0. The molecule has 0 aromatic heterocycles. The van der Waals surface area contributed by atoms with Crippen molar-refractivity contribution in [3.8, 4) is 0 Å². The first-order chi connectivity index (χ1) is 7.78. The predicted molar refractivity (Wildman–Crippen MR) is 75.1 cm³/mol. The van der Waals surface area contributed by atoms with E-state index in [-0.39, 0.29) is 0 Å². The van der Waals surface area contributed by atoms with Gasteiger partial charge in [-0.05, 0) is 59.0 Å². The van der Waals surface area contributed by atoms with Gasteiger partial charge in [-0.3, -0.25) is 4.79 Å². The van der Waals surface area contributed by atoms with Crippen LogP contribution in [0, 0.1) is 3.57 Å². The summed E-state index contributed by atoms with van der Waals surface area (Å²) in [7, 11) is 0. The minimum absolute atomic E-state index is 0.715. The van der Waals surface area contributed by atoms with E-state index in [4.69, 9.17) is 0 Å². The van der Waals surface area contributed by atoms with Crippen molar-refractivity contribution in [2.45, 2.75) is 9.79 Å². The van der Waals surface area contributed by atoms with E-state index in [1.54, 1.807) is 11.8 Å². The number of carbonyl (C=O) groups excluding carboxylic acids is 1. The summed E-state index contributed by atoms with van der Waals surface area (Å²) in [6.07, 6.45) is 0.860. The fourth-order valence-electron chi connectivity index (χ4n) is 1.25. The first kappa shape index (κ1) is 11.7. The van der Waals surface area contributed by atoms with Crippen LogP contribution in [-0.2, 0) is 0 Å². The molecule has 0 saturated carbocycles. The lowest BCUT2D eigenvalue weighted by atomic mass is 10.2. The van der Waals surface area contributed by atoms with Crippen molar-refractivity contribution in [1.29, 1.82) is 0 Å². The van der Waals surface area contributed by atoms with Crippen LogP contribution in [0.4, 0.5) is 0 Å². The summed E-state index contributed by atoms with van der Waals surface area (Å²) in [4.78, 5) is 12.9. The van der Waals surface area contributed by atoms with Crippen molar-refractivity contribution in [2.75, 3.05) is 0 Å². The van der Waals surface area contributed by atoms with Gasteiger partial charge in [-0.25, -0.2) is 0 Å². The minimum atomic E-state index is 0.715. The molecule has 0 heterocycles. The third kappa shape index (κ3) is 3.09. The Labute approximate surface area is 112 Å². The lowest BCUT2D eigenvalue weighted by Gasteiger charge is -2.01. The molecule has 0 fully saturated rings. The zero-order chi connectivity index (χ0) is 11.4. The summed E-state index contributed by atoms with van der Waals surface area (Å²) in [5.41, 5.74) is 0.715. The van der Waals surface area contributed by atoms with E-state index >= 15 is 0 Å². The molecule has 0 aliphatic heterocycles. The van der Waals surface area contributed by atoms with E-state index in [0.29, 0.717) is 5.56 Å². The average molecular weight is 340 g/mol. The smallest absolute Gasteiger partial charge is 0.150 e. The fourth-order valence-corrected chi connectivity index (χ4v) is 2.43. The Kier molecular flexibility index (Phi) is 4.01. The van der Waals surface area contributed by atoms with E-state index in [0.717, 1.165) is 11.2 Å². The van der Waals surface area contributed by atoms with Gasteiger partial charge in [0.05, 0.1) is 0 Å². The third-order valence-corrected chi connectivity index (χ3v) is 3.80. The van der Waals surface area contributed by atoms with Gasteiger partial charge in [0.2, 0.25) is 0 Å². The molecule has 0 aliphatic rings. The van der Waals surface area contributed by atoms with Crippen LogP contribution < -0.4 is 0 Å². The van der Waals surface area contributed by atoms with Crippen LogP contribution in [0.25, 0.3) is 0 Å². The lowest BCUT2D eigenvalue weighted by Crippen LogP contribution is -1.79. The third-order valence-electron chi connectivity index (χ3n) is 2.07. The first-order valence-corrected chi connectivity index (χ1v) is 6.66. The standard InChI is InChI=1S/C13H9IOS/c14-11-3-7-13(8-4-11)16-12-5-1-10(9-15)2-6-12/h1-9H. The number of benzene rings is 2. The van der Waals surface area contributed by atoms with Gasteiger partial charge < -0.3 is 0 Å². The summed E-state index contributed by atoms with van der Waals surface area (Å²) in [6, 6.07) is 16.0. The number of halogens is 1. The van der Waals surface area contributed by atoms with Gasteiger partial charge in [0.1, 0.15) is 6.29 Å². The number of rotatable bonds is 3. The highest BCUT2D eigenvalue weighted by molar-refractivity contribution is 14.1. The second kappa shape index (κ2) is 5.50. The fraction of sp³-hybridized carbons (Fsp3) is 0. The predicted octanol–water partition coefficient (Wildman–Crippen LogP) is 4.25. The molecular formula is C13H9IOS. The molecule has 0 N–H and O–H groups in total. The molecule has 0 spiro atoms. The van der Waals surface area contributed by atoms with Crippen molar-refractivity contribution >= 4 is 40.6 Å². The molecule has 0 saturated heterocycles. The SMILES string of the molecule is O=Cc1ccc(Sc2ccc(I)cc2)cc1. The van der Waals surface area contributed by atoms with Crippen LogP contribution in [0.5, 0.6) is 0 Å². The van der Waals surface area contributed by atoms with Crippen LogP contribution >= 0.6 is 34.4 Å². The van der Waals surface area contributed by atoms with Crippen LogP contribution in [0.15, 0.2) is 58.3 Å². The Hall–Kier alpha value is -0.810. The number of hydrogen-bond acceptors (Lipinski definition) is 2. The minimum Gasteiger partial charge on any atom is -0.298 e. The zero-order valence-corrected chi connectivity index (χ0v) is 11.4.